The molecular formula is C15H21NO2. The quantitative estimate of drug-likeness (QED) is 0.817. The largest absolute Gasteiger partial charge is 0.390 e. The Hall–Kier alpha value is -1.35. The molecule has 3 nitrogen and oxygen atoms in total. The van der Waals surface area contributed by atoms with Crippen molar-refractivity contribution in [1.29, 1.82) is 0 Å². The number of anilines is 1. The number of ketones is 1. The van der Waals surface area contributed by atoms with Crippen LogP contribution in [0.25, 0.3) is 0 Å². The highest BCUT2D eigenvalue weighted by Gasteiger charge is 2.26. The fourth-order valence-corrected chi connectivity index (χ4v) is 2.55. The van der Waals surface area contributed by atoms with Gasteiger partial charge in [0.2, 0.25) is 0 Å². The van der Waals surface area contributed by atoms with Gasteiger partial charge in [-0.05, 0) is 45.2 Å². The van der Waals surface area contributed by atoms with Gasteiger partial charge in [0.05, 0.1) is 5.60 Å². The molecule has 0 radical (unpaired) electrons. The van der Waals surface area contributed by atoms with Gasteiger partial charge in [-0.2, -0.15) is 0 Å². The first-order valence-electron chi connectivity index (χ1n) is 6.57. The molecule has 1 unspecified atom stereocenters. The van der Waals surface area contributed by atoms with E-state index >= 15 is 0 Å². The summed E-state index contributed by atoms with van der Waals surface area (Å²) in [5.41, 5.74) is 1.21. The van der Waals surface area contributed by atoms with E-state index in [1.165, 1.54) is 0 Å². The molecule has 1 saturated heterocycles. The van der Waals surface area contributed by atoms with Crippen molar-refractivity contribution >= 4 is 11.5 Å². The van der Waals surface area contributed by atoms with E-state index in [0.717, 1.165) is 43.6 Å². The minimum absolute atomic E-state index is 0.0987. The van der Waals surface area contributed by atoms with Crippen LogP contribution in [-0.4, -0.2) is 29.6 Å². The Morgan fingerprint density at radius 1 is 1.28 bits per heavy atom. The Kier molecular flexibility index (Phi) is 3.71. The fraction of sp³-hybridized carbons (Fsp3) is 0.533. The molecule has 98 valence electrons. The van der Waals surface area contributed by atoms with Crippen LogP contribution in [-0.2, 0) is 0 Å². The Labute approximate surface area is 108 Å². The van der Waals surface area contributed by atoms with Crippen LogP contribution in [0.5, 0.6) is 0 Å². The standard InChI is InChI=1S/C15H21NO2/c1-12(17)13-6-3-4-7-14(13)16-10-5-8-15(2,18)9-11-16/h3-4,6-7,18H,5,8-11H2,1-2H3. The summed E-state index contributed by atoms with van der Waals surface area (Å²) in [7, 11) is 0. The molecule has 2 rings (SSSR count). The monoisotopic (exact) mass is 247 g/mol. The van der Waals surface area contributed by atoms with E-state index in [9.17, 15) is 9.90 Å². The summed E-state index contributed by atoms with van der Waals surface area (Å²) in [6, 6.07) is 7.73. The van der Waals surface area contributed by atoms with Gasteiger partial charge in [0.15, 0.2) is 5.78 Å². The molecule has 0 bridgehead atoms. The molecule has 1 aromatic carbocycles. The fourth-order valence-electron chi connectivity index (χ4n) is 2.55. The summed E-state index contributed by atoms with van der Waals surface area (Å²) in [6.45, 7) is 5.21. The van der Waals surface area contributed by atoms with Gasteiger partial charge >= 0.3 is 0 Å². The SMILES string of the molecule is CC(=O)c1ccccc1N1CCCC(C)(O)CC1. The maximum atomic E-state index is 11.6. The molecule has 1 fully saturated rings. The molecule has 1 aliphatic rings. The van der Waals surface area contributed by atoms with Crippen molar-refractivity contribution in [3.8, 4) is 0 Å². The van der Waals surface area contributed by atoms with E-state index < -0.39 is 5.60 Å². The van der Waals surface area contributed by atoms with Crippen molar-refractivity contribution < 1.29 is 9.90 Å². The molecule has 3 heteroatoms. The van der Waals surface area contributed by atoms with E-state index in [1.807, 2.05) is 31.2 Å². The lowest BCUT2D eigenvalue weighted by Crippen LogP contribution is -2.29. The van der Waals surface area contributed by atoms with Gasteiger partial charge < -0.3 is 10.0 Å². The summed E-state index contributed by atoms with van der Waals surface area (Å²) >= 11 is 0. The topological polar surface area (TPSA) is 40.5 Å². The van der Waals surface area contributed by atoms with E-state index in [0.29, 0.717) is 0 Å². The highest BCUT2D eigenvalue weighted by molar-refractivity contribution is 5.99. The molecule has 0 aromatic heterocycles. The molecule has 0 saturated carbocycles. The van der Waals surface area contributed by atoms with Gasteiger partial charge in [-0.25, -0.2) is 0 Å². The van der Waals surface area contributed by atoms with Crippen molar-refractivity contribution in [3.63, 3.8) is 0 Å². The molecule has 0 aliphatic carbocycles. The van der Waals surface area contributed by atoms with E-state index in [-0.39, 0.29) is 5.78 Å². The van der Waals surface area contributed by atoms with Gasteiger partial charge in [-0.15, -0.1) is 0 Å². The normalized spacial score (nSPS) is 24.7. The van der Waals surface area contributed by atoms with Crippen LogP contribution in [0.3, 0.4) is 0 Å². The number of para-hydroxylation sites is 1. The minimum atomic E-state index is -0.570. The molecule has 18 heavy (non-hydrogen) atoms. The first kappa shape index (κ1) is 13.1. The zero-order valence-electron chi connectivity index (χ0n) is 11.1. The molecular weight excluding hydrogens is 226 g/mol. The van der Waals surface area contributed by atoms with E-state index in [2.05, 4.69) is 4.90 Å². The van der Waals surface area contributed by atoms with Crippen molar-refractivity contribution in [2.24, 2.45) is 0 Å². The van der Waals surface area contributed by atoms with Crippen LogP contribution in [0, 0.1) is 0 Å². The zero-order chi connectivity index (χ0) is 13.2. The third kappa shape index (κ3) is 2.91. The highest BCUT2D eigenvalue weighted by atomic mass is 16.3. The number of nitrogens with zero attached hydrogens (tertiary/aromatic N) is 1. The molecule has 1 N–H and O–H groups in total. The van der Waals surface area contributed by atoms with Crippen LogP contribution in [0.2, 0.25) is 0 Å². The second kappa shape index (κ2) is 5.11. The predicted molar refractivity (Wildman–Crippen MR) is 73.1 cm³/mol. The van der Waals surface area contributed by atoms with Crippen LogP contribution < -0.4 is 4.90 Å². The smallest absolute Gasteiger partial charge is 0.161 e. The van der Waals surface area contributed by atoms with Crippen LogP contribution in [0.15, 0.2) is 24.3 Å². The molecule has 1 aliphatic heterocycles. The number of hydrogen-bond donors (Lipinski definition) is 1. The van der Waals surface area contributed by atoms with Crippen molar-refractivity contribution in [3.05, 3.63) is 29.8 Å². The van der Waals surface area contributed by atoms with Gasteiger partial charge in [-0.3, -0.25) is 4.79 Å². The first-order valence-corrected chi connectivity index (χ1v) is 6.57. The van der Waals surface area contributed by atoms with Gasteiger partial charge in [0.25, 0.3) is 0 Å². The Morgan fingerprint density at radius 2 is 2.00 bits per heavy atom. The predicted octanol–water partition coefficient (Wildman–Crippen LogP) is 2.63. The maximum absolute atomic E-state index is 11.6. The second-order valence-corrected chi connectivity index (χ2v) is 5.41. The van der Waals surface area contributed by atoms with E-state index in [4.69, 9.17) is 0 Å². The average Bonchev–Trinajstić information content (AvgIpc) is 2.50. The molecule has 1 heterocycles. The lowest BCUT2D eigenvalue weighted by Gasteiger charge is -2.25. The number of carbonyl (C=O) groups excluding carboxylic acids is 1. The minimum Gasteiger partial charge on any atom is -0.390 e. The van der Waals surface area contributed by atoms with Crippen LogP contribution in [0.1, 0.15) is 43.5 Å². The lowest BCUT2D eigenvalue weighted by atomic mass is 9.98. The third-order valence-electron chi connectivity index (χ3n) is 3.69. The Morgan fingerprint density at radius 3 is 2.72 bits per heavy atom. The van der Waals surface area contributed by atoms with Gasteiger partial charge in [-0.1, -0.05) is 12.1 Å². The number of Topliss-reactive ketones (excluding diaryl/α,β-unsaturated/α-hetero) is 1. The molecule has 0 amide bonds. The number of hydrogen-bond acceptors (Lipinski definition) is 3. The molecule has 1 atom stereocenters. The second-order valence-electron chi connectivity index (χ2n) is 5.41. The highest BCUT2D eigenvalue weighted by Crippen LogP contribution is 2.27. The van der Waals surface area contributed by atoms with Gasteiger partial charge in [0.1, 0.15) is 0 Å². The number of carbonyl (C=O) groups is 1. The van der Waals surface area contributed by atoms with Gasteiger partial charge in [0, 0.05) is 24.3 Å². The van der Waals surface area contributed by atoms with Crippen molar-refractivity contribution in [2.45, 2.75) is 38.7 Å². The van der Waals surface area contributed by atoms with Crippen molar-refractivity contribution in [2.75, 3.05) is 18.0 Å². The summed E-state index contributed by atoms with van der Waals surface area (Å²) in [5, 5.41) is 10.1. The summed E-state index contributed by atoms with van der Waals surface area (Å²) < 4.78 is 0. The summed E-state index contributed by atoms with van der Waals surface area (Å²) in [4.78, 5) is 13.9. The average molecular weight is 247 g/mol. The zero-order valence-corrected chi connectivity index (χ0v) is 11.1. The molecule has 0 spiro atoms. The van der Waals surface area contributed by atoms with Crippen molar-refractivity contribution in [1.82, 2.24) is 0 Å². The first-order chi connectivity index (χ1) is 8.49. The van der Waals surface area contributed by atoms with Crippen LogP contribution in [0.4, 0.5) is 5.69 Å². The summed E-state index contributed by atoms with van der Waals surface area (Å²) in [6.07, 6.45) is 2.53. The van der Waals surface area contributed by atoms with Crippen LogP contribution >= 0.6 is 0 Å². The third-order valence-corrected chi connectivity index (χ3v) is 3.69. The van der Waals surface area contributed by atoms with E-state index in [1.54, 1.807) is 6.92 Å². The number of aliphatic hydroxyl groups is 1. The summed E-state index contributed by atoms with van der Waals surface area (Å²) in [5.74, 6) is 0.0987. The lowest BCUT2D eigenvalue weighted by molar-refractivity contribution is 0.0481. The Bertz CT molecular complexity index is 440. The number of benzene rings is 1. The Balaban J connectivity index is 2.24. The molecule has 1 aromatic rings. The maximum Gasteiger partial charge on any atom is 0.161 e. The number of rotatable bonds is 2.